The maximum absolute atomic E-state index is 4.49. The first-order valence-electron chi connectivity index (χ1n) is 7.89. The quantitative estimate of drug-likeness (QED) is 0.736. The number of hydrogen-bond donors (Lipinski definition) is 2. The van der Waals surface area contributed by atoms with Gasteiger partial charge in [-0.25, -0.2) is 0 Å². The van der Waals surface area contributed by atoms with Crippen LogP contribution in [0.15, 0.2) is 42.6 Å². The highest BCUT2D eigenvalue weighted by Crippen LogP contribution is 2.21. The Labute approximate surface area is 142 Å². The molecule has 0 amide bonds. The highest BCUT2D eigenvalue weighted by atomic mass is 15.3. The summed E-state index contributed by atoms with van der Waals surface area (Å²) in [7, 11) is 0. The lowest BCUT2D eigenvalue weighted by atomic mass is 10.1. The van der Waals surface area contributed by atoms with Crippen LogP contribution >= 0.6 is 0 Å². The molecule has 5 heteroatoms. The van der Waals surface area contributed by atoms with E-state index in [0.717, 1.165) is 16.9 Å². The summed E-state index contributed by atoms with van der Waals surface area (Å²) in [6.07, 6.45) is 1.62. The van der Waals surface area contributed by atoms with E-state index in [1.54, 1.807) is 6.20 Å². The van der Waals surface area contributed by atoms with Crippen LogP contribution in [0, 0.1) is 27.7 Å². The van der Waals surface area contributed by atoms with E-state index in [4.69, 9.17) is 0 Å². The van der Waals surface area contributed by atoms with E-state index >= 15 is 0 Å². The Bertz CT molecular complexity index is 853. The fourth-order valence-electron chi connectivity index (χ4n) is 2.69. The minimum absolute atomic E-state index is 0.469. The van der Waals surface area contributed by atoms with Crippen LogP contribution in [0.3, 0.4) is 0 Å². The average Bonchev–Trinajstić information content (AvgIpc) is 2.49. The Morgan fingerprint density at radius 1 is 0.792 bits per heavy atom. The molecule has 0 spiro atoms. The Kier molecular flexibility index (Phi) is 4.42. The maximum Gasteiger partial charge on any atom is 0.249 e. The summed E-state index contributed by atoms with van der Waals surface area (Å²) in [5.74, 6) is 1.12. The predicted octanol–water partition coefficient (Wildman–Crippen LogP) is 4.59. The molecule has 0 saturated heterocycles. The van der Waals surface area contributed by atoms with Gasteiger partial charge in [0.05, 0.1) is 6.20 Å². The Morgan fingerprint density at radius 2 is 1.54 bits per heavy atom. The monoisotopic (exact) mass is 319 g/mol. The molecule has 2 aromatic carbocycles. The Balaban J connectivity index is 1.81. The van der Waals surface area contributed by atoms with Gasteiger partial charge in [0.2, 0.25) is 5.95 Å². The lowest BCUT2D eigenvalue weighted by Crippen LogP contribution is -2.03. The number of nitrogens with one attached hydrogen (secondary N) is 2. The van der Waals surface area contributed by atoms with Gasteiger partial charge in [-0.3, -0.25) is 0 Å². The molecule has 1 heterocycles. The molecule has 0 bridgehead atoms. The molecule has 0 aliphatic carbocycles. The third-order valence-corrected chi connectivity index (χ3v) is 3.68. The summed E-state index contributed by atoms with van der Waals surface area (Å²) in [5, 5.41) is 14.6. The second-order valence-electron chi connectivity index (χ2n) is 6.11. The highest BCUT2D eigenvalue weighted by molar-refractivity contribution is 5.62. The van der Waals surface area contributed by atoms with Crippen LogP contribution in [-0.2, 0) is 0 Å². The van der Waals surface area contributed by atoms with E-state index in [1.165, 1.54) is 16.7 Å². The van der Waals surface area contributed by atoms with Crippen molar-refractivity contribution in [3.05, 3.63) is 64.8 Å². The van der Waals surface area contributed by atoms with Gasteiger partial charge in [-0.15, -0.1) is 5.10 Å². The molecule has 0 aliphatic heterocycles. The van der Waals surface area contributed by atoms with Crippen molar-refractivity contribution in [1.82, 2.24) is 15.2 Å². The molecular formula is C19H21N5. The minimum atomic E-state index is 0.469. The van der Waals surface area contributed by atoms with Crippen molar-refractivity contribution in [3.63, 3.8) is 0 Å². The SMILES string of the molecule is Cc1cc(C)cc(Nc2cnnc(Nc3ccc(C)cc3C)n2)c1. The van der Waals surface area contributed by atoms with Crippen LogP contribution in [0.2, 0.25) is 0 Å². The summed E-state index contributed by atoms with van der Waals surface area (Å²) in [6, 6.07) is 12.5. The van der Waals surface area contributed by atoms with Crippen molar-refractivity contribution >= 4 is 23.1 Å². The molecule has 0 aliphatic rings. The molecule has 0 atom stereocenters. The zero-order chi connectivity index (χ0) is 17.1. The Morgan fingerprint density at radius 3 is 2.25 bits per heavy atom. The van der Waals surface area contributed by atoms with E-state index in [9.17, 15) is 0 Å². The zero-order valence-electron chi connectivity index (χ0n) is 14.4. The molecule has 24 heavy (non-hydrogen) atoms. The van der Waals surface area contributed by atoms with Crippen LogP contribution < -0.4 is 10.6 Å². The molecule has 0 unspecified atom stereocenters. The summed E-state index contributed by atoms with van der Waals surface area (Å²) in [6.45, 7) is 8.27. The van der Waals surface area contributed by atoms with Crippen molar-refractivity contribution in [2.45, 2.75) is 27.7 Å². The maximum atomic E-state index is 4.49. The van der Waals surface area contributed by atoms with Gasteiger partial charge in [-0.05, 0) is 62.6 Å². The smallest absolute Gasteiger partial charge is 0.249 e. The standard InChI is InChI=1S/C19H21N5/c1-12-5-6-17(15(4)8-12)22-19-23-18(11-20-24-19)21-16-9-13(2)7-14(3)10-16/h5-11H,1-4H3,(H2,21,22,23,24). The molecular weight excluding hydrogens is 298 g/mol. The van der Waals surface area contributed by atoms with Gasteiger partial charge in [-0.1, -0.05) is 23.8 Å². The van der Waals surface area contributed by atoms with E-state index < -0.39 is 0 Å². The van der Waals surface area contributed by atoms with Crippen molar-refractivity contribution in [3.8, 4) is 0 Å². The minimum Gasteiger partial charge on any atom is -0.339 e. The van der Waals surface area contributed by atoms with Crippen LogP contribution in [0.4, 0.5) is 23.1 Å². The number of nitrogens with zero attached hydrogens (tertiary/aromatic N) is 3. The van der Waals surface area contributed by atoms with Gasteiger partial charge in [-0.2, -0.15) is 10.1 Å². The topological polar surface area (TPSA) is 62.7 Å². The first-order chi connectivity index (χ1) is 11.5. The van der Waals surface area contributed by atoms with Crippen LogP contribution in [-0.4, -0.2) is 15.2 Å². The van der Waals surface area contributed by atoms with E-state index in [0.29, 0.717) is 11.8 Å². The lowest BCUT2D eigenvalue weighted by molar-refractivity contribution is 0.981. The van der Waals surface area contributed by atoms with Gasteiger partial charge in [0, 0.05) is 11.4 Å². The fourth-order valence-corrected chi connectivity index (χ4v) is 2.69. The Hall–Kier alpha value is -2.95. The summed E-state index contributed by atoms with van der Waals surface area (Å²) < 4.78 is 0. The van der Waals surface area contributed by atoms with Crippen molar-refractivity contribution in [2.24, 2.45) is 0 Å². The second-order valence-corrected chi connectivity index (χ2v) is 6.11. The molecule has 1 aromatic heterocycles. The largest absolute Gasteiger partial charge is 0.339 e. The number of aryl methyl sites for hydroxylation is 4. The molecule has 3 aromatic rings. The van der Waals surface area contributed by atoms with E-state index in [2.05, 4.69) is 83.8 Å². The van der Waals surface area contributed by atoms with Crippen molar-refractivity contribution in [1.29, 1.82) is 0 Å². The predicted molar refractivity (Wildman–Crippen MR) is 98.2 cm³/mol. The third-order valence-electron chi connectivity index (χ3n) is 3.68. The molecule has 3 rings (SSSR count). The van der Waals surface area contributed by atoms with E-state index in [1.807, 2.05) is 6.07 Å². The zero-order valence-corrected chi connectivity index (χ0v) is 14.4. The first kappa shape index (κ1) is 15.9. The van der Waals surface area contributed by atoms with Gasteiger partial charge >= 0.3 is 0 Å². The number of benzene rings is 2. The molecule has 0 saturated carbocycles. The normalized spacial score (nSPS) is 10.5. The number of hydrogen-bond acceptors (Lipinski definition) is 5. The highest BCUT2D eigenvalue weighted by Gasteiger charge is 2.05. The first-order valence-corrected chi connectivity index (χ1v) is 7.89. The average molecular weight is 319 g/mol. The van der Waals surface area contributed by atoms with Crippen molar-refractivity contribution in [2.75, 3.05) is 10.6 Å². The van der Waals surface area contributed by atoms with Crippen LogP contribution in [0.5, 0.6) is 0 Å². The molecule has 2 N–H and O–H groups in total. The molecule has 0 radical (unpaired) electrons. The lowest BCUT2D eigenvalue weighted by Gasteiger charge is -2.10. The van der Waals surface area contributed by atoms with Gasteiger partial charge in [0.1, 0.15) is 0 Å². The molecule has 5 nitrogen and oxygen atoms in total. The van der Waals surface area contributed by atoms with Gasteiger partial charge < -0.3 is 10.6 Å². The van der Waals surface area contributed by atoms with Crippen LogP contribution in [0.25, 0.3) is 0 Å². The molecule has 0 fully saturated rings. The number of rotatable bonds is 4. The summed E-state index contributed by atoms with van der Waals surface area (Å²) in [4.78, 5) is 4.49. The van der Waals surface area contributed by atoms with E-state index in [-0.39, 0.29) is 0 Å². The van der Waals surface area contributed by atoms with Gasteiger partial charge in [0.15, 0.2) is 5.82 Å². The third kappa shape index (κ3) is 3.87. The van der Waals surface area contributed by atoms with Crippen molar-refractivity contribution < 1.29 is 0 Å². The molecule has 122 valence electrons. The second kappa shape index (κ2) is 6.66. The van der Waals surface area contributed by atoms with Crippen LogP contribution in [0.1, 0.15) is 22.3 Å². The number of aromatic nitrogens is 3. The fraction of sp³-hybridized carbons (Fsp3) is 0.211. The summed E-state index contributed by atoms with van der Waals surface area (Å²) in [5.41, 5.74) is 6.74. The summed E-state index contributed by atoms with van der Waals surface area (Å²) >= 11 is 0. The number of anilines is 4. The van der Waals surface area contributed by atoms with Gasteiger partial charge in [0.25, 0.3) is 0 Å².